The topological polar surface area (TPSA) is 44.0 Å². The predicted molar refractivity (Wildman–Crippen MR) is 85.5 cm³/mol. The number of hydrogen-bond acceptors (Lipinski definition) is 3. The van der Waals surface area contributed by atoms with Gasteiger partial charge in [0.2, 0.25) is 0 Å². The normalized spacial score (nSPS) is 11.1. The second kappa shape index (κ2) is 5.50. The zero-order chi connectivity index (χ0) is 15.0. The zero-order valence-corrected chi connectivity index (χ0v) is 12.9. The van der Waals surface area contributed by atoms with Crippen LogP contribution in [0.5, 0.6) is 0 Å². The molecule has 0 aliphatic carbocycles. The Balaban J connectivity index is 2.07. The third kappa shape index (κ3) is 2.43. The molecule has 108 valence electrons. The summed E-state index contributed by atoms with van der Waals surface area (Å²) in [6.07, 6.45) is 0. The van der Waals surface area contributed by atoms with Gasteiger partial charge in [-0.15, -0.1) is 11.3 Å². The molecule has 3 aromatic rings. The molecule has 1 aromatic carbocycles. The van der Waals surface area contributed by atoms with Crippen molar-refractivity contribution in [3.8, 4) is 0 Å². The average Bonchev–Trinajstić information content (AvgIpc) is 3.02. The van der Waals surface area contributed by atoms with Crippen LogP contribution in [0, 0.1) is 0 Å². The van der Waals surface area contributed by atoms with E-state index in [0.717, 1.165) is 11.0 Å². The fraction of sp³-hybridized carbons (Fsp3) is 0.200. The van der Waals surface area contributed by atoms with E-state index in [2.05, 4.69) is 0 Å². The molecular formula is C15H13ClN2O2S. The number of thiophene rings is 1. The SMILES string of the molecule is CCn1c(=O)n(CC(=O)c2ccc(Cl)s2)c2ccccc21. The van der Waals surface area contributed by atoms with E-state index in [9.17, 15) is 9.59 Å². The highest BCUT2D eigenvalue weighted by Gasteiger charge is 2.16. The van der Waals surface area contributed by atoms with E-state index in [-0.39, 0.29) is 18.0 Å². The Morgan fingerprint density at radius 2 is 1.81 bits per heavy atom. The van der Waals surface area contributed by atoms with Gasteiger partial charge < -0.3 is 0 Å². The first kappa shape index (κ1) is 14.1. The fourth-order valence-corrected chi connectivity index (χ4v) is 3.39. The molecule has 0 bridgehead atoms. The van der Waals surface area contributed by atoms with E-state index in [1.54, 1.807) is 16.7 Å². The molecule has 3 rings (SSSR count). The number of para-hydroxylation sites is 2. The van der Waals surface area contributed by atoms with Gasteiger partial charge in [0, 0.05) is 6.54 Å². The highest BCUT2D eigenvalue weighted by Crippen LogP contribution is 2.22. The van der Waals surface area contributed by atoms with Crippen molar-refractivity contribution < 1.29 is 4.79 Å². The summed E-state index contributed by atoms with van der Waals surface area (Å²) in [7, 11) is 0. The second-order valence-corrected chi connectivity index (χ2v) is 6.34. The summed E-state index contributed by atoms with van der Waals surface area (Å²) in [5.74, 6) is -0.104. The first-order chi connectivity index (χ1) is 10.1. The van der Waals surface area contributed by atoms with E-state index < -0.39 is 0 Å². The number of benzene rings is 1. The Bertz CT molecular complexity index is 875. The standard InChI is InChI=1S/C15H13ClN2O2S/c1-2-17-10-5-3-4-6-11(10)18(15(17)20)9-12(19)13-7-8-14(16)21-13/h3-8H,2,9H2,1H3. The first-order valence-corrected chi connectivity index (χ1v) is 7.78. The summed E-state index contributed by atoms with van der Waals surface area (Å²) in [6.45, 7) is 2.52. The Kier molecular flexibility index (Phi) is 3.69. The van der Waals surface area contributed by atoms with Gasteiger partial charge in [-0.1, -0.05) is 23.7 Å². The molecule has 0 spiro atoms. The Morgan fingerprint density at radius 3 is 2.38 bits per heavy atom. The number of nitrogens with zero attached hydrogens (tertiary/aromatic N) is 2. The van der Waals surface area contributed by atoms with Gasteiger partial charge in [0.15, 0.2) is 5.78 Å². The molecule has 0 unspecified atom stereocenters. The lowest BCUT2D eigenvalue weighted by Crippen LogP contribution is -2.26. The maximum atomic E-state index is 12.4. The monoisotopic (exact) mass is 320 g/mol. The molecular weight excluding hydrogens is 308 g/mol. The van der Waals surface area contributed by atoms with Crippen LogP contribution in [0.4, 0.5) is 0 Å². The number of carbonyl (C=O) groups is 1. The van der Waals surface area contributed by atoms with Crippen LogP contribution in [0.15, 0.2) is 41.2 Å². The molecule has 0 N–H and O–H groups in total. The van der Waals surface area contributed by atoms with Gasteiger partial charge in [0.25, 0.3) is 0 Å². The minimum Gasteiger partial charge on any atom is -0.292 e. The van der Waals surface area contributed by atoms with Gasteiger partial charge >= 0.3 is 5.69 Å². The molecule has 0 saturated carbocycles. The highest BCUT2D eigenvalue weighted by atomic mass is 35.5. The second-order valence-electron chi connectivity index (χ2n) is 4.63. The third-order valence-corrected chi connectivity index (χ3v) is 4.66. The highest BCUT2D eigenvalue weighted by molar-refractivity contribution is 7.18. The molecule has 4 nitrogen and oxygen atoms in total. The van der Waals surface area contributed by atoms with Crippen molar-refractivity contribution in [2.45, 2.75) is 20.0 Å². The lowest BCUT2D eigenvalue weighted by atomic mass is 10.3. The minimum absolute atomic E-state index is 0.0309. The predicted octanol–water partition coefficient (Wildman–Crippen LogP) is 3.42. The Labute approximate surface area is 130 Å². The van der Waals surface area contributed by atoms with Crippen molar-refractivity contribution in [3.05, 3.63) is 56.1 Å². The molecule has 0 saturated heterocycles. The molecule has 0 radical (unpaired) electrons. The largest absolute Gasteiger partial charge is 0.329 e. The average molecular weight is 321 g/mol. The fourth-order valence-electron chi connectivity index (χ4n) is 2.42. The zero-order valence-electron chi connectivity index (χ0n) is 11.4. The smallest absolute Gasteiger partial charge is 0.292 e. The van der Waals surface area contributed by atoms with Crippen LogP contribution in [-0.4, -0.2) is 14.9 Å². The lowest BCUT2D eigenvalue weighted by Gasteiger charge is -2.00. The van der Waals surface area contributed by atoms with Crippen molar-refractivity contribution in [1.82, 2.24) is 9.13 Å². The number of Topliss-reactive ketones (excluding diaryl/α,β-unsaturated/α-hetero) is 1. The van der Waals surface area contributed by atoms with Gasteiger partial charge in [-0.2, -0.15) is 0 Å². The molecule has 2 aromatic heterocycles. The third-order valence-electron chi connectivity index (χ3n) is 3.39. The maximum absolute atomic E-state index is 12.4. The van der Waals surface area contributed by atoms with Gasteiger partial charge in [0.05, 0.1) is 26.8 Å². The maximum Gasteiger partial charge on any atom is 0.329 e. The van der Waals surface area contributed by atoms with Crippen LogP contribution in [0.3, 0.4) is 0 Å². The number of ketones is 1. The summed E-state index contributed by atoms with van der Waals surface area (Å²) in [6, 6.07) is 10.9. The summed E-state index contributed by atoms with van der Waals surface area (Å²) < 4.78 is 3.76. The number of carbonyl (C=O) groups excluding carboxylic acids is 1. The van der Waals surface area contributed by atoms with Gasteiger partial charge in [-0.3, -0.25) is 13.9 Å². The van der Waals surface area contributed by atoms with Gasteiger partial charge in [-0.05, 0) is 31.2 Å². The summed E-state index contributed by atoms with van der Waals surface area (Å²) in [4.78, 5) is 25.3. The van der Waals surface area contributed by atoms with Crippen molar-refractivity contribution in [3.63, 3.8) is 0 Å². The molecule has 2 heterocycles. The Morgan fingerprint density at radius 1 is 1.14 bits per heavy atom. The van der Waals surface area contributed by atoms with Crippen molar-refractivity contribution >= 4 is 39.8 Å². The van der Waals surface area contributed by atoms with Crippen molar-refractivity contribution in [2.75, 3.05) is 0 Å². The minimum atomic E-state index is -0.158. The van der Waals surface area contributed by atoms with Crippen LogP contribution in [-0.2, 0) is 13.1 Å². The van der Waals surface area contributed by atoms with Crippen LogP contribution in [0.25, 0.3) is 11.0 Å². The van der Waals surface area contributed by atoms with Crippen LogP contribution >= 0.6 is 22.9 Å². The van der Waals surface area contributed by atoms with E-state index in [1.165, 1.54) is 15.9 Å². The van der Waals surface area contributed by atoms with E-state index >= 15 is 0 Å². The van der Waals surface area contributed by atoms with Gasteiger partial charge in [-0.25, -0.2) is 4.79 Å². The van der Waals surface area contributed by atoms with Crippen LogP contribution in [0.2, 0.25) is 4.34 Å². The number of halogens is 1. The molecule has 0 atom stereocenters. The molecule has 0 aliphatic heterocycles. The number of hydrogen-bond donors (Lipinski definition) is 0. The Hall–Kier alpha value is -1.85. The summed E-state index contributed by atoms with van der Waals surface area (Å²) in [5.41, 5.74) is 1.47. The van der Waals surface area contributed by atoms with E-state index in [1.807, 2.05) is 31.2 Å². The summed E-state index contributed by atoms with van der Waals surface area (Å²) in [5, 5.41) is 0. The molecule has 0 aliphatic rings. The van der Waals surface area contributed by atoms with Crippen LogP contribution < -0.4 is 5.69 Å². The molecule has 0 amide bonds. The number of rotatable bonds is 4. The quantitative estimate of drug-likeness (QED) is 0.691. The number of fused-ring (bicyclic) bond motifs is 1. The van der Waals surface area contributed by atoms with Crippen molar-refractivity contribution in [1.29, 1.82) is 0 Å². The first-order valence-electron chi connectivity index (χ1n) is 6.58. The number of aryl methyl sites for hydroxylation is 1. The van der Waals surface area contributed by atoms with E-state index in [4.69, 9.17) is 11.6 Å². The van der Waals surface area contributed by atoms with Crippen LogP contribution in [0.1, 0.15) is 16.6 Å². The molecule has 0 fully saturated rings. The molecule has 6 heteroatoms. The number of imidazole rings is 1. The molecule has 21 heavy (non-hydrogen) atoms. The number of aromatic nitrogens is 2. The van der Waals surface area contributed by atoms with E-state index in [0.29, 0.717) is 15.8 Å². The lowest BCUT2D eigenvalue weighted by molar-refractivity contribution is 0.0976. The van der Waals surface area contributed by atoms with Crippen molar-refractivity contribution in [2.24, 2.45) is 0 Å². The van der Waals surface area contributed by atoms with Gasteiger partial charge in [0.1, 0.15) is 0 Å². The summed E-state index contributed by atoms with van der Waals surface area (Å²) >= 11 is 7.09.